The van der Waals surface area contributed by atoms with Gasteiger partial charge in [0.25, 0.3) is 0 Å². The molecule has 13 heavy (non-hydrogen) atoms. The van der Waals surface area contributed by atoms with Crippen molar-refractivity contribution in [2.24, 2.45) is 11.3 Å². The van der Waals surface area contributed by atoms with Crippen molar-refractivity contribution in [3.05, 3.63) is 12.2 Å². The van der Waals surface area contributed by atoms with Gasteiger partial charge in [0, 0.05) is 0 Å². The third kappa shape index (κ3) is 1.16. The fourth-order valence-electron chi connectivity index (χ4n) is 2.68. The van der Waals surface area contributed by atoms with Crippen LogP contribution in [-0.2, 0) is 4.79 Å². The molecule has 2 rings (SSSR count). The first-order valence-corrected chi connectivity index (χ1v) is 5.04. The summed E-state index contributed by atoms with van der Waals surface area (Å²) in [5, 5.41) is 9.88. The van der Waals surface area contributed by atoms with Crippen LogP contribution >= 0.6 is 0 Å². The lowest BCUT2D eigenvalue weighted by Gasteiger charge is -2.44. The number of aliphatic hydroxyl groups excluding tert-OH is 1. The van der Waals surface area contributed by atoms with Gasteiger partial charge in [0.05, 0.1) is 11.5 Å². The average Bonchev–Trinajstić information content (AvgIpc) is 2.10. The van der Waals surface area contributed by atoms with Crippen molar-refractivity contribution in [3.63, 3.8) is 0 Å². The minimum Gasteiger partial charge on any atom is -0.392 e. The van der Waals surface area contributed by atoms with Crippen molar-refractivity contribution in [1.82, 2.24) is 0 Å². The lowest BCUT2D eigenvalue weighted by molar-refractivity contribution is -0.139. The number of aliphatic hydroxyl groups is 1. The fourth-order valence-corrected chi connectivity index (χ4v) is 2.68. The van der Waals surface area contributed by atoms with Crippen LogP contribution in [-0.4, -0.2) is 17.0 Å². The van der Waals surface area contributed by atoms with Crippen LogP contribution in [0.2, 0.25) is 0 Å². The van der Waals surface area contributed by atoms with E-state index in [0.717, 1.165) is 25.7 Å². The minimum atomic E-state index is -0.479. The highest BCUT2D eigenvalue weighted by Gasteiger charge is 2.48. The predicted octanol–water partition coefficient (Wildman–Crippen LogP) is 1.68. The number of hydrogen-bond acceptors (Lipinski definition) is 2. The van der Waals surface area contributed by atoms with Crippen molar-refractivity contribution < 1.29 is 9.90 Å². The molecule has 0 radical (unpaired) electrons. The molecule has 72 valence electrons. The number of ketones is 1. The van der Waals surface area contributed by atoms with Crippen LogP contribution in [0.3, 0.4) is 0 Å². The summed E-state index contributed by atoms with van der Waals surface area (Å²) in [6.07, 6.45) is 7.05. The van der Waals surface area contributed by atoms with E-state index in [1.54, 1.807) is 6.08 Å². The van der Waals surface area contributed by atoms with Crippen molar-refractivity contribution in [1.29, 1.82) is 0 Å². The van der Waals surface area contributed by atoms with Crippen molar-refractivity contribution in [3.8, 4) is 0 Å². The summed E-state index contributed by atoms with van der Waals surface area (Å²) in [5.74, 6) is 0.490. The van der Waals surface area contributed by atoms with Gasteiger partial charge in [-0.25, -0.2) is 0 Å². The normalized spacial score (nSPS) is 44.6. The van der Waals surface area contributed by atoms with Gasteiger partial charge in [0.2, 0.25) is 0 Å². The van der Waals surface area contributed by atoms with Gasteiger partial charge < -0.3 is 5.11 Å². The SMILES string of the molecule is C[C@]12C(=O)C=CC[C@H]1CCC[C@H]2O. The second-order valence-electron chi connectivity index (χ2n) is 4.43. The molecule has 0 spiro atoms. The quantitative estimate of drug-likeness (QED) is 0.616. The van der Waals surface area contributed by atoms with E-state index in [0.29, 0.717) is 5.92 Å². The minimum absolute atomic E-state index is 0.121. The van der Waals surface area contributed by atoms with Crippen LogP contribution in [0.15, 0.2) is 12.2 Å². The standard InChI is InChI=1S/C11H16O2/c1-11-8(4-2-6-9(11)12)5-3-7-10(11)13/h2,6,8,10,13H,3-5,7H2,1H3/t8-,10+,11+/m0/s1. The largest absolute Gasteiger partial charge is 0.392 e. The number of hydrogen-bond donors (Lipinski definition) is 1. The molecule has 1 N–H and O–H groups in total. The van der Waals surface area contributed by atoms with E-state index in [1.165, 1.54) is 0 Å². The Bertz CT molecular complexity index is 257. The van der Waals surface area contributed by atoms with E-state index in [9.17, 15) is 9.90 Å². The maximum Gasteiger partial charge on any atom is 0.164 e. The molecular formula is C11H16O2. The van der Waals surface area contributed by atoms with E-state index in [4.69, 9.17) is 0 Å². The number of carbonyl (C=O) groups is 1. The molecule has 0 aromatic rings. The second kappa shape index (κ2) is 2.95. The Kier molecular flexibility index (Phi) is 2.03. The zero-order valence-electron chi connectivity index (χ0n) is 7.99. The topological polar surface area (TPSA) is 37.3 Å². The molecule has 1 fully saturated rings. The Morgan fingerprint density at radius 2 is 2.31 bits per heavy atom. The first-order valence-electron chi connectivity index (χ1n) is 5.04. The first kappa shape index (κ1) is 8.95. The van der Waals surface area contributed by atoms with E-state index in [2.05, 4.69) is 0 Å². The summed E-state index contributed by atoms with van der Waals surface area (Å²) in [5.41, 5.74) is -0.479. The Morgan fingerprint density at radius 3 is 3.00 bits per heavy atom. The first-order chi connectivity index (χ1) is 6.15. The van der Waals surface area contributed by atoms with Crippen LogP contribution in [0.5, 0.6) is 0 Å². The monoisotopic (exact) mass is 180 g/mol. The van der Waals surface area contributed by atoms with Gasteiger partial charge in [-0.1, -0.05) is 12.5 Å². The van der Waals surface area contributed by atoms with Crippen LogP contribution in [0.1, 0.15) is 32.6 Å². The second-order valence-corrected chi connectivity index (χ2v) is 4.43. The molecule has 2 aliphatic rings. The van der Waals surface area contributed by atoms with Crippen LogP contribution < -0.4 is 0 Å². The highest BCUT2D eigenvalue weighted by molar-refractivity contribution is 5.96. The van der Waals surface area contributed by atoms with Gasteiger partial charge in [-0.3, -0.25) is 4.79 Å². The molecule has 2 aliphatic carbocycles. The lowest BCUT2D eigenvalue weighted by Crippen LogP contribution is -2.49. The summed E-state index contributed by atoms with van der Waals surface area (Å²) in [6, 6.07) is 0. The molecule has 3 atom stereocenters. The third-order valence-corrected chi connectivity index (χ3v) is 3.79. The van der Waals surface area contributed by atoms with Gasteiger partial charge >= 0.3 is 0 Å². The van der Waals surface area contributed by atoms with Crippen LogP contribution in [0, 0.1) is 11.3 Å². The Hall–Kier alpha value is -0.630. The highest BCUT2D eigenvalue weighted by atomic mass is 16.3. The molecule has 0 saturated heterocycles. The summed E-state index contributed by atoms with van der Waals surface area (Å²) >= 11 is 0. The van der Waals surface area contributed by atoms with Gasteiger partial charge in [-0.05, 0) is 38.2 Å². The molecule has 0 aliphatic heterocycles. The van der Waals surface area contributed by atoms with Crippen LogP contribution in [0.4, 0.5) is 0 Å². The molecule has 2 heteroatoms. The molecule has 0 aromatic heterocycles. The molecule has 0 amide bonds. The Balaban J connectivity index is 2.35. The number of rotatable bonds is 0. The van der Waals surface area contributed by atoms with E-state index in [1.807, 2.05) is 13.0 Å². The van der Waals surface area contributed by atoms with E-state index >= 15 is 0 Å². The van der Waals surface area contributed by atoms with E-state index in [-0.39, 0.29) is 5.78 Å². The summed E-state index contributed by atoms with van der Waals surface area (Å²) in [6.45, 7) is 1.92. The van der Waals surface area contributed by atoms with Gasteiger partial charge in [-0.2, -0.15) is 0 Å². The smallest absolute Gasteiger partial charge is 0.164 e. The predicted molar refractivity (Wildman–Crippen MR) is 50.2 cm³/mol. The Morgan fingerprint density at radius 1 is 1.54 bits per heavy atom. The van der Waals surface area contributed by atoms with E-state index < -0.39 is 11.5 Å². The summed E-state index contributed by atoms with van der Waals surface area (Å²) in [7, 11) is 0. The number of allylic oxidation sites excluding steroid dienone is 2. The molecule has 0 bridgehead atoms. The van der Waals surface area contributed by atoms with Crippen LogP contribution in [0.25, 0.3) is 0 Å². The van der Waals surface area contributed by atoms with Crippen molar-refractivity contribution in [2.45, 2.75) is 38.7 Å². The highest BCUT2D eigenvalue weighted by Crippen LogP contribution is 2.46. The third-order valence-electron chi connectivity index (χ3n) is 3.79. The fraction of sp³-hybridized carbons (Fsp3) is 0.727. The molecule has 0 heterocycles. The molecule has 0 aromatic carbocycles. The van der Waals surface area contributed by atoms with Crippen molar-refractivity contribution in [2.75, 3.05) is 0 Å². The maximum atomic E-state index is 11.7. The molecular weight excluding hydrogens is 164 g/mol. The molecule has 0 unspecified atom stereocenters. The van der Waals surface area contributed by atoms with Gasteiger partial charge in [0.15, 0.2) is 5.78 Å². The lowest BCUT2D eigenvalue weighted by atomic mass is 9.60. The maximum absolute atomic E-state index is 11.7. The summed E-state index contributed by atoms with van der Waals surface area (Å²) < 4.78 is 0. The van der Waals surface area contributed by atoms with Gasteiger partial charge in [-0.15, -0.1) is 0 Å². The zero-order valence-corrected chi connectivity index (χ0v) is 7.99. The molecule has 1 saturated carbocycles. The number of carbonyl (C=O) groups excluding carboxylic acids is 1. The Labute approximate surface area is 78.6 Å². The summed E-state index contributed by atoms with van der Waals surface area (Å²) in [4.78, 5) is 11.7. The zero-order chi connectivity index (χ0) is 9.47. The van der Waals surface area contributed by atoms with Crippen molar-refractivity contribution >= 4 is 5.78 Å². The molecule has 2 nitrogen and oxygen atoms in total. The number of fused-ring (bicyclic) bond motifs is 1. The average molecular weight is 180 g/mol. The van der Waals surface area contributed by atoms with Gasteiger partial charge in [0.1, 0.15) is 0 Å².